The Balaban J connectivity index is 1.70. The SMILES string of the molecule is CCCCc1c(CNc2ccc(C(=O)N[C@H](CCC(=O)OCC)C(=O)OCC)cc2)cnc2nc(N)nc(N)c12. The van der Waals surface area contributed by atoms with E-state index in [9.17, 15) is 14.4 Å². The van der Waals surface area contributed by atoms with Crippen molar-refractivity contribution in [3.8, 4) is 0 Å². The number of anilines is 3. The monoisotopic (exact) mass is 551 g/mol. The number of pyridine rings is 1. The van der Waals surface area contributed by atoms with Crippen LogP contribution >= 0.6 is 0 Å². The average molecular weight is 552 g/mol. The number of aromatic nitrogens is 3. The number of fused-ring (bicyclic) bond motifs is 1. The van der Waals surface area contributed by atoms with E-state index in [1.54, 1.807) is 44.3 Å². The third-order valence-corrected chi connectivity index (χ3v) is 6.20. The molecule has 0 fully saturated rings. The van der Waals surface area contributed by atoms with E-state index in [-0.39, 0.29) is 32.0 Å². The number of unbranched alkanes of at least 4 members (excludes halogenated alkanes) is 1. The number of hydrogen-bond donors (Lipinski definition) is 4. The molecule has 12 heteroatoms. The molecule has 0 spiro atoms. The summed E-state index contributed by atoms with van der Waals surface area (Å²) in [5.41, 5.74) is 15.5. The molecular formula is C28H37N7O5. The van der Waals surface area contributed by atoms with E-state index in [1.807, 2.05) is 0 Å². The first-order valence-electron chi connectivity index (χ1n) is 13.4. The van der Waals surface area contributed by atoms with E-state index in [2.05, 4.69) is 32.5 Å². The summed E-state index contributed by atoms with van der Waals surface area (Å²) in [6.07, 6.45) is 4.59. The van der Waals surface area contributed by atoms with Gasteiger partial charge in [0.05, 0.1) is 18.6 Å². The van der Waals surface area contributed by atoms with Gasteiger partial charge in [0.15, 0.2) is 5.65 Å². The zero-order chi connectivity index (χ0) is 29.1. The fraction of sp³-hybridized carbons (Fsp3) is 0.429. The van der Waals surface area contributed by atoms with Gasteiger partial charge in [-0.25, -0.2) is 9.78 Å². The zero-order valence-electron chi connectivity index (χ0n) is 23.2. The van der Waals surface area contributed by atoms with Gasteiger partial charge in [-0.2, -0.15) is 9.97 Å². The van der Waals surface area contributed by atoms with E-state index in [0.717, 1.165) is 36.1 Å². The molecule has 1 amide bonds. The van der Waals surface area contributed by atoms with Crippen LogP contribution in [-0.4, -0.2) is 52.1 Å². The summed E-state index contributed by atoms with van der Waals surface area (Å²) in [5, 5.41) is 6.74. The molecule has 0 saturated heterocycles. The van der Waals surface area contributed by atoms with Crippen LogP contribution in [0.2, 0.25) is 0 Å². The predicted octanol–water partition coefficient (Wildman–Crippen LogP) is 3.15. The molecule has 0 saturated carbocycles. The van der Waals surface area contributed by atoms with Crippen LogP contribution in [-0.2, 0) is 32.0 Å². The number of benzene rings is 1. The minimum absolute atomic E-state index is 0.0184. The fourth-order valence-electron chi connectivity index (χ4n) is 4.20. The first-order valence-corrected chi connectivity index (χ1v) is 13.4. The summed E-state index contributed by atoms with van der Waals surface area (Å²) >= 11 is 0. The lowest BCUT2D eigenvalue weighted by Crippen LogP contribution is -2.42. The molecule has 0 aliphatic carbocycles. The number of rotatable bonds is 14. The van der Waals surface area contributed by atoms with Crippen LogP contribution in [0.4, 0.5) is 17.5 Å². The summed E-state index contributed by atoms with van der Waals surface area (Å²) in [6.45, 7) is 6.36. The molecule has 2 aromatic heterocycles. The molecule has 1 atom stereocenters. The summed E-state index contributed by atoms with van der Waals surface area (Å²) in [6, 6.07) is 5.87. The van der Waals surface area contributed by atoms with E-state index in [0.29, 0.717) is 29.0 Å². The smallest absolute Gasteiger partial charge is 0.328 e. The first kappa shape index (κ1) is 30.1. The number of esters is 2. The van der Waals surface area contributed by atoms with E-state index < -0.39 is 23.9 Å². The topological polar surface area (TPSA) is 184 Å². The van der Waals surface area contributed by atoms with Crippen molar-refractivity contribution in [2.24, 2.45) is 0 Å². The van der Waals surface area contributed by atoms with Crippen molar-refractivity contribution in [2.45, 2.75) is 65.5 Å². The van der Waals surface area contributed by atoms with Crippen LogP contribution in [0.25, 0.3) is 11.0 Å². The van der Waals surface area contributed by atoms with Crippen LogP contribution in [0.5, 0.6) is 0 Å². The molecule has 2 heterocycles. The van der Waals surface area contributed by atoms with Gasteiger partial charge < -0.3 is 31.6 Å². The molecule has 0 aliphatic heterocycles. The lowest BCUT2D eigenvalue weighted by Gasteiger charge is -2.17. The third-order valence-electron chi connectivity index (χ3n) is 6.20. The second-order valence-corrected chi connectivity index (χ2v) is 9.08. The van der Waals surface area contributed by atoms with Gasteiger partial charge in [0.2, 0.25) is 5.95 Å². The number of nitrogens with one attached hydrogen (secondary N) is 2. The molecule has 6 N–H and O–H groups in total. The number of amides is 1. The van der Waals surface area contributed by atoms with Gasteiger partial charge in [0.1, 0.15) is 11.9 Å². The molecule has 0 radical (unpaired) electrons. The summed E-state index contributed by atoms with van der Waals surface area (Å²) < 4.78 is 9.97. The lowest BCUT2D eigenvalue weighted by atomic mass is 10.00. The average Bonchev–Trinajstić information content (AvgIpc) is 2.93. The Morgan fingerprint density at radius 2 is 1.73 bits per heavy atom. The van der Waals surface area contributed by atoms with Crippen molar-refractivity contribution < 1.29 is 23.9 Å². The van der Waals surface area contributed by atoms with Gasteiger partial charge in [0, 0.05) is 30.4 Å². The number of nitrogens with two attached hydrogens (primary N) is 2. The number of nitrogens with zero attached hydrogens (tertiary/aromatic N) is 3. The van der Waals surface area contributed by atoms with Gasteiger partial charge in [-0.05, 0) is 68.5 Å². The van der Waals surface area contributed by atoms with Crippen LogP contribution in [0.1, 0.15) is 67.9 Å². The standard InChI is InChI=1S/C28H37N7O5/c1-4-7-8-20-18(16-32-25-23(20)24(29)34-28(30)35-25)15-31-19-11-9-17(10-12-19)26(37)33-21(27(38)40-6-3)13-14-22(36)39-5-2/h9-12,16,21,31H,4-8,13-15H2,1-3H3,(H,33,37)(H4,29,30,32,34,35)/t21-/m1/s1. The molecule has 214 valence electrons. The summed E-state index contributed by atoms with van der Waals surface area (Å²) in [7, 11) is 0. The van der Waals surface area contributed by atoms with Crippen molar-refractivity contribution in [2.75, 3.05) is 30.0 Å². The van der Waals surface area contributed by atoms with Gasteiger partial charge in [0.25, 0.3) is 5.91 Å². The molecule has 3 rings (SSSR count). The minimum Gasteiger partial charge on any atom is -0.466 e. The molecular weight excluding hydrogens is 514 g/mol. The Hall–Kier alpha value is -4.48. The second-order valence-electron chi connectivity index (χ2n) is 9.08. The highest BCUT2D eigenvalue weighted by molar-refractivity contribution is 5.97. The molecule has 40 heavy (non-hydrogen) atoms. The Morgan fingerprint density at radius 3 is 2.40 bits per heavy atom. The van der Waals surface area contributed by atoms with Crippen molar-refractivity contribution in [3.63, 3.8) is 0 Å². The Labute approximate surface area is 233 Å². The lowest BCUT2D eigenvalue weighted by molar-refractivity contribution is -0.146. The highest BCUT2D eigenvalue weighted by Crippen LogP contribution is 2.27. The maximum Gasteiger partial charge on any atom is 0.328 e. The van der Waals surface area contributed by atoms with Crippen LogP contribution < -0.4 is 22.1 Å². The summed E-state index contributed by atoms with van der Waals surface area (Å²) in [4.78, 5) is 49.7. The van der Waals surface area contributed by atoms with E-state index in [4.69, 9.17) is 20.9 Å². The Kier molecular flexibility index (Phi) is 11.0. The van der Waals surface area contributed by atoms with Crippen molar-refractivity contribution in [1.82, 2.24) is 20.3 Å². The molecule has 0 bridgehead atoms. The van der Waals surface area contributed by atoms with Gasteiger partial charge in [-0.15, -0.1) is 0 Å². The molecule has 1 aromatic carbocycles. The maximum absolute atomic E-state index is 12.9. The van der Waals surface area contributed by atoms with Crippen molar-refractivity contribution >= 4 is 46.3 Å². The van der Waals surface area contributed by atoms with Gasteiger partial charge >= 0.3 is 11.9 Å². The van der Waals surface area contributed by atoms with Crippen LogP contribution in [0.3, 0.4) is 0 Å². The van der Waals surface area contributed by atoms with Crippen molar-refractivity contribution in [3.05, 3.63) is 47.2 Å². The number of nitrogen functional groups attached to an aromatic ring is 2. The van der Waals surface area contributed by atoms with Gasteiger partial charge in [-0.3, -0.25) is 9.59 Å². The molecule has 3 aromatic rings. The fourth-order valence-corrected chi connectivity index (χ4v) is 4.20. The Morgan fingerprint density at radius 1 is 1.00 bits per heavy atom. The Bertz CT molecular complexity index is 1330. The highest BCUT2D eigenvalue weighted by Gasteiger charge is 2.24. The molecule has 0 aliphatic rings. The minimum atomic E-state index is -0.969. The van der Waals surface area contributed by atoms with Crippen molar-refractivity contribution in [1.29, 1.82) is 0 Å². The third kappa shape index (κ3) is 8.01. The molecule has 0 unspecified atom stereocenters. The number of hydrogen-bond acceptors (Lipinski definition) is 11. The van der Waals surface area contributed by atoms with Crippen LogP contribution in [0, 0.1) is 0 Å². The quantitative estimate of drug-likeness (QED) is 0.216. The maximum atomic E-state index is 12.9. The predicted molar refractivity (Wildman–Crippen MR) is 152 cm³/mol. The number of carbonyl (C=O) groups excluding carboxylic acids is 3. The zero-order valence-corrected chi connectivity index (χ0v) is 23.2. The van der Waals surface area contributed by atoms with E-state index >= 15 is 0 Å². The second kappa shape index (κ2) is 14.6. The van der Waals surface area contributed by atoms with E-state index in [1.165, 1.54) is 0 Å². The first-order chi connectivity index (χ1) is 19.3. The number of aryl methyl sites for hydroxylation is 1. The number of carbonyl (C=O) groups is 3. The molecule has 12 nitrogen and oxygen atoms in total. The summed E-state index contributed by atoms with van der Waals surface area (Å²) in [5.74, 6) is -1.11. The number of ether oxygens (including phenoxy) is 2. The largest absolute Gasteiger partial charge is 0.466 e. The normalized spacial score (nSPS) is 11.6. The van der Waals surface area contributed by atoms with Gasteiger partial charge in [-0.1, -0.05) is 13.3 Å². The highest BCUT2D eigenvalue weighted by atomic mass is 16.5. The van der Waals surface area contributed by atoms with Crippen LogP contribution in [0.15, 0.2) is 30.5 Å².